The fraction of sp³-hybridized carbons (Fsp3) is 0.200. The van der Waals surface area contributed by atoms with E-state index in [2.05, 4.69) is 4.99 Å². The molecule has 0 radical (unpaired) electrons. The van der Waals surface area contributed by atoms with E-state index in [-0.39, 0.29) is 0 Å². The number of nitrogens with zero attached hydrogens (tertiary/aromatic N) is 2. The maximum Gasteiger partial charge on any atom is 0.174 e. The quantitative estimate of drug-likeness (QED) is 0.566. The van der Waals surface area contributed by atoms with Gasteiger partial charge in [0.2, 0.25) is 0 Å². The maximum absolute atomic E-state index is 8.78. The molecule has 0 unspecified atom stereocenters. The van der Waals surface area contributed by atoms with E-state index < -0.39 is 0 Å². The first-order valence-electron chi connectivity index (χ1n) is 4.11. The molecular weight excluding hydrogens is 200 g/mol. The van der Waals surface area contributed by atoms with Gasteiger partial charge in [0, 0.05) is 5.02 Å². The van der Waals surface area contributed by atoms with Gasteiger partial charge in [-0.05, 0) is 25.1 Å². The first-order chi connectivity index (χ1) is 6.77. The van der Waals surface area contributed by atoms with Gasteiger partial charge in [0.15, 0.2) is 6.40 Å². The lowest BCUT2D eigenvalue weighted by atomic mass is 10.2. The number of ether oxygens (including phenoxy) is 1. The van der Waals surface area contributed by atoms with E-state index in [4.69, 9.17) is 21.6 Å². The third-order valence-electron chi connectivity index (χ3n) is 1.51. The van der Waals surface area contributed by atoms with Gasteiger partial charge in [-0.25, -0.2) is 4.99 Å². The molecule has 0 N–H and O–H groups in total. The molecule has 0 saturated heterocycles. The van der Waals surface area contributed by atoms with E-state index >= 15 is 0 Å². The van der Waals surface area contributed by atoms with Gasteiger partial charge in [0.1, 0.15) is 6.07 Å². The first-order valence-corrected chi connectivity index (χ1v) is 4.49. The van der Waals surface area contributed by atoms with E-state index in [1.807, 2.05) is 13.0 Å². The second kappa shape index (κ2) is 5.25. The number of aliphatic imine (C=N–C) groups is 1. The lowest BCUT2D eigenvalue weighted by Gasteiger charge is -1.97. The van der Waals surface area contributed by atoms with Crippen LogP contribution in [0.2, 0.25) is 5.02 Å². The summed E-state index contributed by atoms with van der Waals surface area (Å²) in [5.74, 6) is 0. The normalized spacial score (nSPS) is 10.1. The van der Waals surface area contributed by atoms with Crippen molar-refractivity contribution in [1.82, 2.24) is 0 Å². The second-order valence-electron chi connectivity index (χ2n) is 2.46. The number of halogens is 1. The molecule has 0 spiro atoms. The Morgan fingerprint density at radius 3 is 3.07 bits per heavy atom. The highest BCUT2D eigenvalue weighted by Gasteiger charge is 2.00. The molecule has 0 heterocycles. The Balaban J connectivity index is 2.92. The summed E-state index contributed by atoms with van der Waals surface area (Å²) in [6.07, 6.45) is 1.32. The molecule has 1 aromatic rings. The minimum absolute atomic E-state index is 0.438. The molecule has 1 rings (SSSR count). The fourth-order valence-electron chi connectivity index (χ4n) is 0.879. The average molecular weight is 209 g/mol. The number of hydrogen-bond donors (Lipinski definition) is 0. The zero-order valence-electron chi connectivity index (χ0n) is 7.70. The van der Waals surface area contributed by atoms with Crippen LogP contribution in [0.4, 0.5) is 5.69 Å². The van der Waals surface area contributed by atoms with E-state index in [0.29, 0.717) is 22.9 Å². The van der Waals surface area contributed by atoms with Gasteiger partial charge in [-0.3, -0.25) is 0 Å². The van der Waals surface area contributed by atoms with Gasteiger partial charge in [-0.1, -0.05) is 11.6 Å². The van der Waals surface area contributed by atoms with Gasteiger partial charge in [0.05, 0.1) is 17.9 Å². The lowest BCUT2D eigenvalue weighted by molar-refractivity contribution is 0.344. The van der Waals surface area contributed by atoms with Crippen LogP contribution in [0, 0.1) is 11.3 Å². The Hall–Kier alpha value is -1.53. The van der Waals surface area contributed by atoms with Crippen LogP contribution >= 0.6 is 11.6 Å². The van der Waals surface area contributed by atoms with Crippen molar-refractivity contribution >= 4 is 23.7 Å². The number of benzene rings is 1. The SMILES string of the molecule is CCOC=Nc1ccc(Cl)cc1C#N. The Morgan fingerprint density at radius 1 is 1.64 bits per heavy atom. The summed E-state index contributed by atoms with van der Waals surface area (Å²) < 4.78 is 4.93. The Kier molecular flexibility index (Phi) is 3.96. The van der Waals surface area contributed by atoms with Crippen molar-refractivity contribution in [3.05, 3.63) is 28.8 Å². The molecule has 0 atom stereocenters. The van der Waals surface area contributed by atoms with Gasteiger partial charge in [0.25, 0.3) is 0 Å². The number of nitriles is 1. The summed E-state index contributed by atoms with van der Waals surface area (Å²) in [6.45, 7) is 2.41. The monoisotopic (exact) mass is 208 g/mol. The van der Waals surface area contributed by atoms with Crippen molar-refractivity contribution in [3.63, 3.8) is 0 Å². The highest BCUT2D eigenvalue weighted by molar-refractivity contribution is 6.30. The minimum Gasteiger partial charge on any atom is -0.483 e. The van der Waals surface area contributed by atoms with Crippen LogP contribution in [0.5, 0.6) is 0 Å². The second-order valence-corrected chi connectivity index (χ2v) is 2.90. The van der Waals surface area contributed by atoms with Crippen molar-refractivity contribution in [1.29, 1.82) is 5.26 Å². The van der Waals surface area contributed by atoms with Crippen molar-refractivity contribution < 1.29 is 4.74 Å². The van der Waals surface area contributed by atoms with Crippen molar-refractivity contribution in [2.75, 3.05) is 6.61 Å². The summed E-state index contributed by atoms with van der Waals surface area (Å²) in [5, 5.41) is 9.30. The lowest BCUT2D eigenvalue weighted by Crippen LogP contribution is -1.85. The van der Waals surface area contributed by atoms with Crippen LogP contribution in [0.1, 0.15) is 12.5 Å². The third-order valence-corrected chi connectivity index (χ3v) is 1.75. The zero-order chi connectivity index (χ0) is 10.4. The summed E-state index contributed by atoms with van der Waals surface area (Å²) in [7, 11) is 0. The molecule has 0 bridgehead atoms. The highest BCUT2D eigenvalue weighted by Crippen LogP contribution is 2.21. The van der Waals surface area contributed by atoms with Crippen molar-refractivity contribution in [2.24, 2.45) is 4.99 Å². The largest absolute Gasteiger partial charge is 0.483 e. The van der Waals surface area contributed by atoms with Crippen LogP contribution in [0.3, 0.4) is 0 Å². The Bertz CT molecular complexity index is 382. The number of hydrogen-bond acceptors (Lipinski definition) is 3. The van der Waals surface area contributed by atoms with Crippen LogP contribution in [0.25, 0.3) is 0 Å². The fourth-order valence-corrected chi connectivity index (χ4v) is 1.05. The molecule has 14 heavy (non-hydrogen) atoms. The Morgan fingerprint density at radius 2 is 2.43 bits per heavy atom. The summed E-state index contributed by atoms with van der Waals surface area (Å²) in [4.78, 5) is 3.98. The predicted octanol–water partition coefficient (Wildman–Crippen LogP) is 2.91. The minimum atomic E-state index is 0.438. The summed E-state index contributed by atoms with van der Waals surface area (Å²) in [5.41, 5.74) is 0.999. The molecule has 0 aromatic heterocycles. The molecule has 3 nitrogen and oxygen atoms in total. The van der Waals surface area contributed by atoms with E-state index in [1.165, 1.54) is 6.40 Å². The standard InChI is InChI=1S/C10H9ClN2O/c1-2-14-7-13-10-4-3-9(11)5-8(10)6-12/h3-5,7H,2H2,1H3. The summed E-state index contributed by atoms with van der Waals surface area (Å²) in [6, 6.07) is 6.94. The van der Waals surface area contributed by atoms with Gasteiger partial charge in [-0.2, -0.15) is 5.26 Å². The van der Waals surface area contributed by atoms with Gasteiger partial charge in [-0.15, -0.1) is 0 Å². The molecule has 0 amide bonds. The molecule has 4 heteroatoms. The smallest absolute Gasteiger partial charge is 0.174 e. The Labute approximate surface area is 87.6 Å². The molecule has 0 aliphatic rings. The number of rotatable bonds is 3. The molecule has 0 aliphatic carbocycles. The van der Waals surface area contributed by atoms with E-state index in [1.54, 1.807) is 18.2 Å². The summed E-state index contributed by atoms with van der Waals surface area (Å²) >= 11 is 5.72. The molecule has 0 fully saturated rings. The maximum atomic E-state index is 8.78. The van der Waals surface area contributed by atoms with Crippen LogP contribution in [-0.4, -0.2) is 13.0 Å². The van der Waals surface area contributed by atoms with Crippen molar-refractivity contribution in [3.8, 4) is 6.07 Å². The van der Waals surface area contributed by atoms with Gasteiger partial charge < -0.3 is 4.74 Å². The van der Waals surface area contributed by atoms with E-state index in [9.17, 15) is 0 Å². The molecule has 0 aliphatic heterocycles. The average Bonchev–Trinajstić information content (AvgIpc) is 2.20. The van der Waals surface area contributed by atoms with Crippen LogP contribution in [0.15, 0.2) is 23.2 Å². The predicted molar refractivity (Wildman–Crippen MR) is 55.9 cm³/mol. The molecule has 1 aromatic carbocycles. The third kappa shape index (κ3) is 2.75. The molecular formula is C10H9ClN2O. The topological polar surface area (TPSA) is 45.4 Å². The van der Waals surface area contributed by atoms with Gasteiger partial charge >= 0.3 is 0 Å². The zero-order valence-corrected chi connectivity index (χ0v) is 8.45. The first kappa shape index (κ1) is 10.6. The van der Waals surface area contributed by atoms with E-state index in [0.717, 1.165) is 0 Å². The van der Waals surface area contributed by atoms with Crippen LogP contribution < -0.4 is 0 Å². The highest BCUT2D eigenvalue weighted by atomic mass is 35.5. The molecule has 0 saturated carbocycles. The van der Waals surface area contributed by atoms with Crippen molar-refractivity contribution in [2.45, 2.75) is 6.92 Å². The molecule has 72 valence electrons. The van der Waals surface area contributed by atoms with Crippen LogP contribution in [-0.2, 0) is 4.74 Å².